The third-order valence-corrected chi connectivity index (χ3v) is 4.03. The van der Waals surface area contributed by atoms with Crippen molar-refractivity contribution >= 4 is 11.8 Å². The van der Waals surface area contributed by atoms with Gasteiger partial charge < -0.3 is 14.5 Å². The molecule has 0 N–H and O–H groups in total. The largest absolute Gasteiger partial charge is 0.444 e. The van der Waals surface area contributed by atoms with E-state index >= 15 is 0 Å². The van der Waals surface area contributed by atoms with Crippen LogP contribution in [0.2, 0.25) is 0 Å². The van der Waals surface area contributed by atoms with Gasteiger partial charge in [0.15, 0.2) is 0 Å². The Labute approximate surface area is 124 Å². The summed E-state index contributed by atoms with van der Waals surface area (Å²) in [5.41, 5.74) is 0.558. The number of piperazine rings is 1. The first kappa shape index (κ1) is 14.2. The lowest BCUT2D eigenvalue weighted by molar-refractivity contribution is 0.0215. The van der Waals surface area contributed by atoms with Crippen LogP contribution >= 0.6 is 0 Å². The van der Waals surface area contributed by atoms with Gasteiger partial charge in [0.05, 0.1) is 6.04 Å². The molecule has 0 unspecified atom stereocenters. The molecule has 2 fully saturated rings. The van der Waals surface area contributed by atoms with Gasteiger partial charge in [-0.25, -0.2) is 9.18 Å². The predicted octanol–water partition coefficient (Wildman–Crippen LogP) is 3.02. The zero-order chi connectivity index (χ0) is 15.2. The second-order valence-corrected chi connectivity index (χ2v) is 6.80. The Morgan fingerprint density at radius 1 is 1.19 bits per heavy atom. The van der Waals surface area contributed by atoms with Crippen LogP contribution in [0.4, 0.5) is 14.9 Å². The van der Waals surface area contributed by atoms with Crippen LogP contribution in [-0.2, 0) is 4.74 Å². The van der Waals surface area contributed by atoms with Crippen LogP contribution < -0.4 is 4.90 Å². The molecule has 0 spiro atoms. The van der Waals surface area contributed by atoms with Crippen molar-refractivity contribution in [2.75, 3.05) is 18.0 Å². The summed E-state index contributed by atoms with van der Waals surface area (Å²) >= 11 is 0. The van der Waals surface area contributed by atoms with E-state index < -0.39 is 5.60 Å². The molecule has 0 radical (unpaired) electrons. The summed E-state index contributed by atoms with van der Waals surface area (Å²) in [6.07, 6.45) is 0.727. The van der Waals surface area contributed by atoms with Crippen LogP contribution in [0, 0.1) is 5.82 Å². The van der Waals surface area contributed by atoms with Gasteiger partial charge in [-0.2, -0.15) is 0 Å². The fourth-order valence-electron chi connectivity index (χ4n) is 3.16. The Kier molecular flexibility index (Phi) is 3.30. The van der Waals surface area contributed by atoms with E-state index in [1.54, 1.807) is 12.1 Å². The molecule has 2 aliphatic heterocycles. The van der Waals surface area contributed by atoms with Crippen LogP contribution in [0.25, 0.3) is 0 Å². The number of rotatable bonds is 1. The average molecular weight is 292 g/mol. The van der Waals surface area contributed by atoms with Gasteiger partial charge >= 0.3 is 6.09 Å². The Balaban J connectivity index is 1.66. The second kappa shape index (κ2) is 4.90. The molecule has 1 aromatic rings. The molecular formula is C16H21FN2O2. The van der Waals surface area contributed by atoms with Crippen molar-refractivity contribution in [1.29, 1.82) is 0 Å². The van der Waals surface area contributed by atoms with Gasteiger partial charge in [0, 0.05) is 24.8 Å². The first-order valence-corrected chi connectivity index (χ1v) is 7.35. The predicted molar refractivity (Wildman–Crippen MR) is 78.9 cm³/mol. The van der Waals surface area contributed by atoms with E-state index in [1.807, 2.05) is 25.7 Å². The topological polar surface area (TPSA) is 32.8 Å². The number of anilines is 1. The number of hydrogen-bond donors (Lipinski definition) is 0. The van der Waals surface area contributed by atoms with Crippen molar-refractivity contribution in [3.63, 3.8) is 0 Å². The van der Waals surface area contributed by atoms with Gasteiger partial charge in [-0.1, -0.05) is 0 Å². The molecule has 0 aromatic heterocycles. The zero-order valence-corrected chi connectivity index (χ0v) is 12.7. The molecule has 2 atom stereocenters. The number of ether oxygens (including phenoxy) is 1. The Hall–Kier alpha value is -1.78. The summed E-state index contributed by atoms with van der Waals surface area (Å²) in [5, 5.41) is 0. The number of carbonyl (C=O) groups is 1. The Bertz CT molecular complexity index is 538. The van der Waals surface area contributed by atoms with Crippen LogP contribution in [0.3, 0.4) is 0 Å². The van der Waals surface area contributed by atoms with E-state index in [0.29, 0.717) is 12.6 Å². The molecule has 21 heavy (non-hydrogen) atoms. The maximum absolute atomic E-state index is 13.0. The smallest absolute Gasteiger partial charge is 0.410 e. The lowest BCUT2D eigenvalue weighted by Gasteiger charge is -2.36. The Morgan fingerprint density at radius 2 is 1.86 bits per heavy atom. The number of halogens is 1. The molecule has 0 saturated carbocycles. The van der Waals surface area contributed by atoms with Gasteiger partial charge in [-0.3, -0.25) is 0 Å². The second-order valence-electron chi connectivity index (χ2n) is 6.80. The molecule has 2 heterocycles. The van der Waals surface area contributed by atoms with Gasteiger partial charge in [0.2, 0.25) is 0 Å². The number of fused-ring (bicyclic) bond motifs is 2. The highest BCUT2D eigenvalue weighted by Crippen LogP contribution is 2.35. The summed E-state index contributed by atoms with van der Waals surface area (Å²) in [4.78, 5) is 16.3. The highest BCUT2D eigenvalue weighted by molar-refractivity contribution is 5.70. The molecule has 2 bridgehead atoms. The number of carbonyl (C=O) groups excluding carboxylic acids is 1. The van der Waals surface area contributed by atoms with Crippen LogP contribution in [-0.4, -0.2) is 41.8 Å². The lowest BCUT2D eigenvalue weighted by atomic mass is 10.2. The van der Waals surface area contributed by atoms with E-state index in [-0.39, 0.29) is 18.0 Å². The normalized spacial score (nSPS) is 24.6. The van der Waals surface area contributed by atoms with Crippen molar-refractivity contribution < 1.29 is 13.9 Å². The monoisotopic (exact) mass is 292 g/mol. The molecule has 2 saturated heterocycles. The van der Waals surface area contributed by atoms with Crippen molar-refractivity contribution in [3.8, 4) is 0 Å². The number of nitrogens with zero attached hydrogens (tertiary/aromatic N) is 2. The zero-order valence-electron chi connectivity index (χ0n) is 12.7. The number of hydrogen-bond acceptors (Lipinski definition) is 3. The standard InChI is InChI=1S/C16H21FN2O2/c1-16(2,3)21-15(20)19-10-13-8-14(19)9-18(13)12-6-4-11(17)5-7-12/h4-7,13-14H,8-10H2,1-3H3/t13-,14-/m1/s1. The van der Waals surface area contributed by atoms with E-state index in [1.165, 1.54) is 12.1 Å². The molecular weight excluding hydrogens is 271 g/mol. The molecule has 1 amide bonds. The highest BCUT2D eigenvalue weighted by Gasteiger charge is 2.46. The molecule has 3 rings (SSSR count). The molecule has 5 heteroatoms. The molecule has 1 aromatic carbocycles. The van der Waals surface area contributed by atoms with Gasteiger partial charge in [-0.15, -0.1) is 0 Å². The van der Waals surface area contributed by atoms with Crippen molar-refractivity contribution in [2.45, 2.75) is 44.9 Å². The maximum atomic E-state index is 13.0. The molecule has 2 aliphatic rings. The van der Waals surface area contributed by atoms with Gasteiger partial charge in [-0.05, 0) is 51.5 Å². The first-order valence-electron chi connectivity index (χ1n) is 7.35. The summed E-state index contributed by atoms with van der Waals surface area (Å²) < 4.78 is 18.4. The van der Waals surface area contributed by atoms with Crippen molar-refractivity contribution in [2.24, 2.45) is 0 Å². The minimum absolute atomic E-state index is 0.190. The molecule has 0 aliphatic carbocycles. The van der Waals surface area contributed by atoms with Crippen molar-refractivity contribution in [1.82, 2.24) is 4.90 Å². The van der Waals surface area contributed by atoms with Crippen LogP contribution in [0.15, 0.2) is 24.3 Å². The van der Waals surface area contributed by atoms with E-state index in [9.17, 15) is 9.18 Å². The quantitative estimate of drug-likeness (QED) is 0.797. The summed E-state index contributed by atoms with van der Waals surface area (Å²) in [7, 11) is 0. The fourth-order valence-corrected chi connectivity index (χ4v) is 3.16. The minimum atomic E-state index is -0.463. The maximum Gasteiger partial charge on any atom is 0.410 e. The van der Waals surface area contributed by atoms with E-state index in [4.69, 9.17) is 4.74 Å². The first-order chi connectivity index (χ1) is 9.83. The fraction of sp³-hybridized carbons (Fsp3) is 0.562. The average Bonchev–Trinajstić information content (AvgIpc) is 2.97. The van der Waals surface area contributed by atoms with E-state index in [0.717, 1.165) is 18.7 Å². The minimum Gasteiger partial charge on any atom is -0.444 e. The molecule has 4 nitrogen and oxygen atoms in total. The number of likely N-dealkylation sites (tertiary alicyclic amines) is 1. The van der Waals surface area contributed by atoms with Crippen LogP contribution in [0.5, 0.6) is 0 Å². The summed E-state index contributed by atoms with van der Waals surface area (Å²) in [6, 6.07) is 7.05. The third-order valence-electron chi connectivity index (χ3n) is 4.03. The van der Waals surface area contributed by atoms with Crippen molar-refractivity contribution in [3.05, 3.63) is 30.1 Å². The van der Waals surface area contributed by atoms with Crippen LogP contribution in [0.1, 0.15) is 27.2 Å². The van der Waals surface area contributed by atoms with E-state index in [2.05, 4.69) is 4.90 Å². The Morgan fingerprint density at radius 3 is 2.38 bits per heavy atom. The summed E-state index contributed by atoms with van der Waals surface area (Å²) in [5.74, 6) is -0.224. The lowest BCUT2D eigenvalue weighted by Crippen LogP contribution is -2.50. The van der Waals surface area contributed by atoms with Gasteiger partial charge in [0.1, 0.15) is 11.4 Å². The number of amides is 1. The van der Waals surface area contributed by atoms with Gasteiger partial charge in [0.25, 0.3) is 0 Å². The summed E-state index contributed by atoms with van der Waals surface area (Å²) in [6.45, 7) is 7.10. The molecule has 114 valence electrons. The number of benzene rings is 1. The third kappa shape index (κ3) is 2.82. The SMILES string of the molecule is CC(C)(C)OC(=O)N1C[C@H]2C[C@@H]1CN2c1ccc(F)cc1. The highest BCUT2D eigenvalue weighted by atomic mass is 19.1.